The summed E-state index contributed by atoms with van der Waals surface area (Å²) in [7, 11) is 0. The fraction of sp³-hybridized carbons (Fsp3) is 0.273. The molecule has 0 radical (unpaired) electrons. The van der Waals surface area contributed by atoms with E-state index in [9.17, 15) is 4.39 Å². The Balaban J connectivity index is 2.74. The SMILES string of the molecule is CC(C)(N)c1ccc2occc2c1F. The number of rotatable bonds is 1. The Hall–Kier alpha value is -1.35. The molecule has 2 nitrogen and oxygen atoms in total. The van der Waals surface area contributed by atoms with Gasteiger partial charge in [-0.15, -0.1) is 0 Å². The average Bonchev–Trinajstić information content (AvgIpc) is 2.50. The summed E-state index contributed by atoms with van der Waals surface area (Å²) in [5, 5.41) is 0.487. The summed E-state index contributed by atoms with van der Waals surface area (Å²) in [5.41, 5.74) is 6.23. The lowest BCUT2D eigenvalue weighted by atomic mass is 9.94. The molecule has 0 fully saturated rings. The zero-order valence-corrected chi connectivity index (χ0v) is 8.17. The predicted molar refractivity (Wildman–Crippen MR) is 53.4 cm³/mol. The molecule has 2 N–H and O–H groups in total. The molecule has 1 aromatic heterocycles. The zero-order chi connectivity index (χ0) is 10.3. The summed E-state index contributed by atoms with van der Waals surface area (Å²) in [6, 6.07) is 5.02. The topological polar surface area (TPSA) is 39.2 Å². The summed E-state index contributed by atoms with van der Waals surface area (Å²) in [6.07, 6.45) is 1.47. The van der Waals surface area contributed by atoms with Gasteiger partial charge in [-0.3, -0.25) is 0 Å². The van der Waals surface area contributed by atoms with Crippen LogP contribution in [-0.2, 0) is 5.54 Å². The van der Waals surface area contributed by atoms with Gasteiger partial charge in [-0.25, -0.2) is 4.39 Å². The van der Waals surface area contributed by atoms with Gasteiger partial charge in [-0.2, -0.15) is 0 Å². The summed E-state index contributed by atoms with van der Waals surface area (Å²) >= 11 is 0. The standard InChI is InChI=1S/C11H12FNO/c1-11(2,13)8-3-4-9-7(10(8)12)5-6-14-9/h3-6H,13H2,1-2H3. The Labute approximate surface area is 81.5 Å². The summed E-state index contributed by atoms with van der Waals surface area (Å²) < 4.78 is 18.9. The van der Waals surface area contributed by atoms with E-state index in [1.807, 2.05) is 0 Å². The van der Waals surface area contributed by atoms with Crippen molar-refractivity contribution >= 4 is 11.0 Å². The van der Waals surface area contributed by atoms with Crippen LogP contribution in [0.3, 0.4) is 0 Å². The molecule has 0 bridgehead atoms. The molecule has 74 valence electrons. The van der Waals surface area contributed by atoms with Gasteiger partial charge in [0.15, 0.2) is 0 Å². The maximum atomic E-state index is 13.9. The van der Waals surface area contributed by atoms with Crippen molar-refractivity contribution in [3.63, 3.8) is 0 Å². The van der Waals surface area contributed by atoms with Crippen LogP contribution in [0.15, 0.2) is 28.9 Å². The van der Waals surface area contributed by atoms with Crippen LogP contribution in [0.25, 0.3) is 11.0 Å². The number of fused-ring (bicyclic) bond motifs is 1. The Morgan fingerprint density at radius 2 is 2.00 bits per heavy atom. The van der Waals surface area contributed by atoms with Crippen molar-refractivity contribution < 1.29 is 8.81 Å². The highest BCUT2D eigenvalue weighted by Crippen LogP contribution is 2.27. The number of benzene rings is 1. The van der Waals surface area contributed by atoms with E-state index in [-0.39, 0.29) is 5.82 Å². The second-order valence-electron chi connectivity index (χ2n) is 3.98. The minimum Gasteiger partial charge on any atom is -0.464 e. The third-order valence-corrected chi connectivity index (χ3v) is 2.26. The Morgan fingerprint density at radius 1 is 1.29 bits per heavy atom. The first-order valence-electron chi connectivity index (χ1n) is 4.45. The predicted octanol–water partition coefficient (Wildman–Crippen LogP) is 2.77. The van der Waals surface area contributed by atoms with Crippen LogP contribution >= 0.6 is 0 Å². The largest absolute Gasteiger partial charge is 0.464 e. The van der Waals surface area contributed by atoms with Gasteiger partial charge in [0, 0.05) is 11.1 Å². The molecule has 0 saturated heterocycles. The monoisotopic (exact) mass is 193 g/mol. The Bertz CT molecular complexity index is 468. The first-order valence-corrected chi connectivity index (χ1v) is 4.45. The van der Waals surface area contributed by atoms with Gasteiger partial charge in [-0.1, -0.05) is 6.07 Å². The summed E-state index contributed by atoms with van der Waals surface area (Å²) in [4.78, 5) is 0. The van der Waals surface area contributed by atoms with Gasteiger partial charge in [0.05, 0.1) is 11.6 Å². The molecule has 0 atom stereocenters. The molecule has 14 heavy (non-hydrogen) atoms. The van der Waals surface area contributed by atoms with Crippen LogP contribution in [0.4, 0.5) is 4.39 Å². The maximum absolute atomic E-state index is 13.9. The number of nitrogens with two attached hydrogens (primary N) is 1. The second-order valence-corrected chi connectivity index (χ2v) is 3.98. The highest BCUT2D eigenvalue weighted by atomic mass is 19.1. The molecule has 2 aromatic rings. The maximum Gasteiger partial charge on any atom is 0.139 e. The van der Waals surface area contributed by atoms with Crippen LogP contribution in [0.1, 0.15) is 19.4 Å². The Kier molecular flexibility index (Phi) is 1.86. The normalized spacial score (nSPS) is 12.3. The van der Waals surface area contributed by atoms with Crippen molar-refractivity contribution in [2.75, 3.05) is 0 Å². The van der Waals surface area contributed by atoms with Crippen LogP contribution < -0.4 is 5.73 Å². The van der Waals surface area contributed by atoms with Gasteiger partial charge < -0.3 is 10.2 Å². The molecule has 0 saturated carbocycles. The minimum absolute atomic E-state index is 0.288. The molecule has 2 rings (SSSR count). The van der Waals surface area contributed by atoms with Crippen molar-refractivity contribution in [3.8, 4) is 0 Å². The van der Waals surface area contributed by atoms with Crippen molar-refractivity contribution in [1.82, 2.24) is 0 Å². The lowest BCUT2D eigenvalue weighted by Crippen LogP contribution is -2.29. The number of furan rings is 1. The number of hydrogen-bond donors (Lipinski definition) is 1. The Morgan fingerprint density at radius 3 is 2.64 bits per heavy atom. The van der Waals surface area contributed by atoms with E-state index in [1.54, 1.807) is 32.0 Å². The second kappa shape index (κ2) is 2.82. The third kappa shape index (κ3) is 1.30. The zero-order valence-electron chi connectivity index (χ0n) is 8.17. The van der Waals surface area contributed by atoms with Crippen LogP contribution in [-0.4, -0.2) is 0 Å². The lowest BCUT2D eigenvalue weighted by molar-refractivity contribution is 0.505. The van der Waals surface area contributed by atoms with Crippen molar-refractivity contribution in [2.45, 2.75) is 19.4 Å². The van der Waals surface area contributed by atoms with E-state index in [0.29, 0.717) is 16.5 Å². The first-order chi connectivity index (χ1) is 6.50. The number of hydrogen-bond acceptors (Lipinski definition) is 2. The van der Waals surface area contributed by atoms with Gasteiger partial charge in [-0.05, 0) is 26.0 Å². The molecule has 1 aromatic carbocycles. The van der Waals surface area contributed by atoms with Crippen molar-refractivity contribution in [2.24, 2.45) is 5.73 Å². The molecule has 0 aliphatic rings. The summed E-state index contributed by atoms with van der Waals surface area (Å²) in [6.45, 7) is 3.55. The minimum atomic E-state index is -0.671. The van der Waals surface area contributed by atoms with E-state index < -0.39 is 5.54 Å². The molecule has 0 amide bonds. The molecular formula is C11H12FNO. The van der Waals surface area contributed by atoms with E-state index in [0.717, 1.165) is 0 Å². The fourth-order valence-electron chi connectivity index (χ4n) is 1.51. The first kappa shape index (κ1) is 9.21. The molecule has 1 heterocycles. The van der Waals surface area contributed by atoms with E-state index in [4.69, 9.17) is 10.2 Å². The molecule has 0 aliphatic heterocycles. The third-order valence-electron chi connectivity index (χ3n) is 2.26. The molecule has 3 heteroatoms. The average molecular weight is 193 g/mol. The lowest BCUT2D eigenvalue weighted by Gasteiger charge is -2.19. The van der Waals surface area contributed by atoms with Crippen LogP contribution in [0.5, 0.6) is 0 Å². The van der Waals surface area contributed by atoms with Crippen LogP contribution in [0.2, 0.25) is 0 Å². The molecule has 0 aliphatic carbocycles. The molecule has 0 spiro atoms. The van der Waals surface area contributed by atoms with Gasteiger partial charge >= 0.3 is 0 Å². The highest BCUT2D eigenvalue weighted by Gasteiger charge is 2.20. The summed E-state index contributed by atoms with van der Waals surface area (Å²) in [5.74, 6) is -0.288. The number of halogens is 1. The van der Waals surface area contributed by atoms with Crippen LogP contribution in [0, 0.1) is 5.82 Å². The van der Waals surface area contributed by atoms with E-state index >= 15 is 0 Å². The molecular weight excluding hydrogens is 181 g/mol. The van der Waals surface area contributed by atoms with Gasteiger partial charge in [0.25, 0.3) is 0 Å². The molecule has 0 unspecified atom stereocenters. The smallest absolute Gasteiger partial charge is 0.139 e. The quantitative estimate of drug-likeness (QED) is 0.756. The van der Waals surface area contributed by atoms with E-state index in [2.05, 4.69) is 0 Å². The highest BCUT2D eigenvalue weighted by molar-refractivity contribution is 5.78. The fourth-order valence-corrected chi connectivity index (χ4v) is 1.51. The van der Waals surface area contributed by atoms with Crippen molar-refractivity contribution in [3.05, 3.63) is 35.8 Å². The van der Waals surface area contributed by atoms with E-state index in [1.165, 1.54) is 6.26 Å². The van der Waals surface area contributed by atoms with Gasteiger partial charge in [0.1, 0.15) is 11.4 Å². The van der Waals surface area contributed by atoms with Gasteiger partial charge in [0.2, 0.25) is 0 Å². The van der Waals surface area contributed by atoms with Crippen molar-refractivity contribution in [1.29, 1.82) is 0 Å².